The predicted molar refractivity (Wildman–Crippen MR) is 138 cm³/mol. The molecule has 0 amide bonds. The van der Waals surface area contributed by atoms with Gasteiger partial charge in [0, 0.05) is 51.6 Å². The predicted octanol–water partition coefficient (Wildman–Crippen LogP) is 6.41. The second-order valence-electron chi connectivity index (χ2n) is 4.36. The van der Waals surface area contributed by atoms with Crippen LogP contribution in [0.2, 0.25) is 0 Å². The number of anilines is 2. The zero-order chi connectivity index (χ0) is 19.0. The molecule has 0 spiro atoms. The molecule has 0 fully saturated rings. The molecule has 0 saturated carbocycles. The van der Waals surface area contributed by atoms with Crippen LogP contribution in [-0.4, -0.2) is 9.97 Å². The van der Waals surface area contributed by atoms with Gasteiger partial charge in [-0.1, -0.05) is 31.9 Å². The summed E-state index contributed by atoms with van der Waals surface area (Å²) in [5.41, 5.74) is 11.9. The lowest BCUT2D eigenvalue weighted by molar-refractivity contribution is 0.623. The quantitative estimate of drug-likeness (QED) is 0.256. The van der Waals surface area contributed by atoms with E-state index in [0.29, 0.717) is 10.3 Å². The monoisotopic (exact) mass is 819 g/mol. The van der Waals surface area contributed by atoms with Crippen molar-refractivity contribution in [3.8, 4) is 6.07 Å². The van der Waals surface area contributed by atoms with E-state index < -0.39 is 5.82 Å². The van der Waals surface area contributed by atoms with E-state index in [2.05, 4.69) is 79.1 Å². The van der Waals surface area contributed by atoms with Crippen LogP contribution in [0.5, 0.6) is 0 Å². The molecule has 11 heteroatoms. The SMILES string of the molecule is I.II.N#Cc1ccc(Br)cc1F.Nc1nc(N)c2ccc(Br)cc2n1. The Morgan fingerprint density at radius 3 is 2.15 bits per heavy atom. The molecule has 2 aromatic carbocycles. The lowest BCUT2D eigenvalue weighted by Gasteiger charge is -2.01. The van der Waals surface area contributed by atoms with Crippen LogP contribution >= 0.6 is 93.1 Å². The van der Waals surface area contributed by atoms with E-state index >= 15 is 0 Å². The Morgan fingerprint density at radius 2 is 1.58 bits per heavy atom. The van der Waals surface area contributed by atoms with Crippen molar-refractivity contribution in [2.45, 2.75) is 0 Å². The second-order valence-corrected chi connectivity index (χ2v) is 6.20. The molecular weight excluding hydrogens is 810 g/mol. The maximum absolute atomic E-state index is 12.6. The van der Waals surface area contributed by atoms with Gasteiger partial charge in [-0.25, -0.2) is 9.37 Å². The second kappa shape index (κ2) is 13.2. The first kappa shape index (κ1) is 26.0. The van der Waals surface area contributed by atoms with E-state index in [1.807, 2.05) is 18.2 Å². The molecule has 1 heterocycles. The molecule has 0 atom stereocenters. The fourth-order valence-corrected chi connectivity index (χ4v) is 2.41. The van der Waals surface area contributed by atoms with Crippen LogP contribution in [0.15, 0.2) is 45.3 Å². The molecule has 0 radical (unpaired) electrons. The third-order valence-electron chi connectivity index (χ3n) is 2.76. The van der Waals surface area contributed by atoms with E-state index in [4.69, 9.17) is 16.7 Å². The van der Waals surface area contributed by atoms with Crippen molar-refractivity contribution < 1.29 is 4.39 Å². The maximum Gasteiger partial charge on any atom is 0.222 e. The standard InChI is InChI=1S/C8H7BrN4.C7H3BrFN.I2.HI/c9-4-1-2-5-6(3-4)12-8(11)13-7(5)10;8-6-2-1-5(4-10)7(9)3-6;1-2;/h1-3H,(H4,10,11,12,13);1-3H;;1H. The minimum atomic E-state index is -0.489. The fraction of sp³-hybridized carbons (Fsp3) is 0. The highest BCUT2D eigenvalue weighted by Gasteiger charge is 2.02. The summed E-state index contributed by atoms with van der Waals surface area (Å²) in [5, 5.41) is 9.12. The number of hydrogen-bond acceptors (Lipinski definition) is 5. The van der Waals surface area contributed by atoms with Crippen molar-refractivity contribution in [3.63, 3.8) is 0 Å². The number of nitrogen functional groups attached to an aromatic ring is 2. The number of aromatic nitrogens is 2. The zero-order valence-electron chi connectivity index (χ0n) is 12.8. The van der Waals surface area contributed by atoms with E-state index in [1.54, 1.807) is 12.1 Å². The molecule has 3 aromatic rings. The molecule has 0 aliphatic carbocycles. The summed E-state index contributed by atoms with van der Waals surface area (Å²) in [6.45, 7) is 0. The average molecular weight is 821 g/mol. The Balaban J connectivity index is 0.000000436. The topological polar surface area (TPSA) is 102 Å². The summed E-state index contributed by atoms with van der Waals surface area (Å²) >= 11 is 10.7. The zero-order valence-corrected chi connectivity index (χ0v) is 22.6. The maximum atomic E-state index is 12.6. The van der Waals surface area contributed by atoms with E-state index in [0.717, 1.165) is 15.4 Å². The number of hydrogen-bond donors (Lipinski definition) is 2. The van der Waals surface area contributed by atoms with Gasteiger partial charge < -0.3 is 11.5 Å². The van der Waals surface area contributed by atoms with Crippen molar-refractivity contribution in [3.05, 3.63) is 56.7 Å². The van der Waals surface area contributed by atoms with Gasteiger partial charge in [0.15, 0.2) is 0 Å². The minimum Gasteiger partial charge on any atom is -0.383 e. The summed E-state index contributed by atoms with van der Waals surface area (Å²) in [7, 11) is 0. The van der Waals surface area contributed by atoms with E-state index in [-0.39, 0.29) is 35.5 Å². The highest BCUT2D eigenvalue weighted by molar-refractivity contribution is 15.0. The van der Waals surface area contributed by atoms with Crippen LogP contribution in [0.1, 0.15) is 5.56 Å². The third kappa shape index (κ3) is 7.90. The van der Waals surface area contributed by atoms with Gasteiger partial charge in [-0.05, 0) is 36.4 Å². The van der Waals surface area contributed by atoms with Gasteiger partial charge in [-0.15, -0.1) is 24.0 Å². The summed E-state index contributed by atoms with van der Waals surface area (Å²) < 4.78 is 14.2. The molecule has 4 N–H and O–H groups in total. The number of nitrogens with two attached hydrogens (primary N) is 2. The van der Waals surface area contributed by atoms with Gasteiger partial charge in [0.1, 0.15) is 17.7 Å². The molecule has 3 rings (SSSR count). The fourth-order valence-electron chi connectivity index (χ4n) is 1.73. The van der Waals surface area contributed by atoms with Gasteiger partial charge in [0.2, 0.25) is 5.95 Å². The summed E-state index contributed by atoms with van der Waals surface area (Å²) in [4.78, 5) is 7.91. The van der Waals surface area contributed by atoms with Gasteiger partial charge in [0.05, 0.1) is 11.1 Å². The number of nitriles is 1. The average Bonchev–Trinajstić information content (AvgIpc) is 2.56. The van der Waals surface area contributed by atoms with Gasteiger partial charge in [-0.2, -0.15) is 10.2 Å². The van der Waals surface area contributed by atoms with Crippen molar-refractivity contribution in [1.29, 1.82) is 5.26 Å². The van der Waals surface area contributed by atoms with Crippen LogP contribution < -0.4 is 11.5 Å². The number of rotatable bonds is 0. The molecule has 0 aliphatic rings. The smallest absolute Gasteiger partial charge is 0.222 e. The van der Waals surface area contributed by atoms with E-state index in [9.17, 15) is 4.39 Å². The minimum absolute atomic E-state index is 0. The van der Waals surface area contributed by atoms with E-state index in [1.165, 1.54) is 12.1 Å². The van der Waals surface area contributed by atoms with Gasteiger partial charge >= 0.3 is 0 Å². The van der Waals surface area contributed by atoms with Crippen molar-refractivity contribution in [2.75, 3.05) is 11.5 Å². The molecule has 0 bridgehead atoms. The van der Waals surface area contributed by atoms with Gasteiger partial charge in [0.25, 0.3) is 0 Å². The van der Waals surface area contributed by atoms with Crippen LogP contribution in [0, 0.1) is 17.1 Å². The molecule has 0 aliphatic heterocycles. The molecule has 1 aromatic heterocycles. The lowest BCUT2D eigenvalue weighted by Crippen LogP contribution is -2.00. The largest absolute Gasteiger partial charge is 0.383 e. The van der Waals surface area contributed by atoms with Crippen LogP contribution in [0.3, 0.4) is 0 Å². The first-order chi connectivity index (χ1) is 11.9. The molecule has 0 unspecified atom stereocenters. The molecule has 26 heavy (non-hydrogen) atoms. The van der Waals surface area contributed by atoms with Crippen LogP contribution in [0.25, 0.3) is 10.9 Å². The number of fused-ring (bicyclic) bond motifs is 1. The van der Waals surface area contributed by atoms with Crippen molar-refractivity contribution in [1.82, 2.24) is 9.97 Å². The molecule has 5 nitrogen and oxygen atoms in total. The Morgan fingerprint density at radius 1 is 1.00 bits per heavy atom. The van der Waals surface area contributed by atoms with Crippen molar-refractivity contribution >= 4 is 116 Å². The number of benzene rings is 2. The Kier molecular flexibility index (Phi) is 13.2. The molecule has 0 saturated heterocycles. The van der Waals surface area contributed by atoms with Gasteiger partial charge in [-0.3, -0.25) is 0 Å². The number of halogens is 6. The Labute approximate surface area is 207 Å². The van der Waals surface area contributed by atoms with Crippen LogP contribution in [-0.2, 0) is 0 Å². The summed E-state index contributed by atoms with van der Waals surface area (Å²) in [5.74, 6) is 0.120. The highest BCUT2D eigenvalue weighted by Crippen LogP contribution is 2.22. The third-order valence-corrected chi connectivity index (χ3v) is 3.74. The highest BCUT2D eigenvalue weighted by atomic mass is 128. The lowest BCUT2D eigenvalue weighted by atomic mass is 10.2. The Bertz CT molecular complexity index is 916. The summed E-state index contributed by atoms with van der Waals surface area (Å²) in [6, 6.07) is 11.6. The molecule has 138 valence electrons. The van der Waals surface area contributed by atoms with Crippen LogP contribution in [0.4, 0.5) is 16.2 Å². The summed E-state index contributed by atoms with van der Waals surface area (Å²) in [6.07, 6.45) is 0. The Hall–Kier alpha value is -0.0500. The molecular formula is C15H11Br2FI3N5. The van der Waals surface area contributed by atoms with Crippen molar-refractivity contribution in [2.24, 2.45) is 0 Å². The number of nitrogens with zero attached hydrogens (tertiary/aromatic N) is 3. The first-order valence-electron chi connectivity index (χ1n) is 6.38. The first-order valence-corrected chi connectivity index (χ1v) is 14.3. The normalized spacial score (nSPS) is 8.92.